The highest BCUT2D eigenvalue weighted by atomic mass is 35.5. The Hall–Kier alpha value is -1.55. The van der Waals surface area contributed by atoms with E-state index in [1.165, 1.54) is 6.20 Å². The van der Waals surface area contributed by atoms with E-state index in [0.29, 0.717) is 11.0 Å². The predicted octanol–water partition coefficient (Wildman–Crippen LogP) is 3.51. The molecule has 0 aliphatic rings. The maximum Gasteiger partial charge on any atom is 0.149 e. The first-order valence-corrected chi connectivity index (χ1v) is 5.75. The summed E-state index contributed by atoms with van der Waals surface area (Å²) in [4.78, 5) is 8.11. The molecule has 2 rings (SSSR count). The maximum absolute atomic E-state index is 5.78. The molecule has 2 aromatic heterocycles. The Labute approximate surface area is 105 Å². The Bertz CT molecular complexity index is 524. The third-order valence-corrected chi connectivity index (χ3v) is 2.70. The van der Waals surface area contributed by atoms with E-state index in [-0.39, 0.29) is 6.04 Å². The summed E-state index contributed by atoms with van der Waals surface area (Å²) in [6.07, 6.45) is 3.15. The third kappa shape index (κ3) is 2.77. The molecule has 5 heteroatoms. The first-order valence-electron chi connectivity index (χ1n) is 5.37. The van der Waals surface area contributed by atoms with Crippen LogP contribution < -0.4 is 5.32 Å². The van der Waals surface area contributed by atoms with Crippen LogP contribution in [0.25, 0.3) is 0 Å². The van der Waals surface area contributed by atoms with Gasteiger partial charge in [-0.2, -0.15) is 0 Å². The van der Waals surface area contributed by atoms with Gasteiger partial charge in [0, 0.05) is 5.56 Å². The smallest absolute Gasteiger partial charge is 0.149 e. The fourth-order valence-electron chi connectivity index (χ4n) is 1.79. The number of nitrogens with zero attached hydrogens (tertiary/aromatic N) is 2. The van der Waals surface area contributed by atoms with Crippen molar-refractivity contribution in [3.8, 4) is 0 Å². The lowest BCUT2D eigenvalue weighted by molar-refractivity contribution is 0.499. The minimum Gasteiger partial charge on any atom is -0.466 e. The molecule has 0 aliphatic heterocycles. The van der Waals surface area contributed by atoms with E-state index in [4.69, 9.17) is 16.0 Å². The Morgan fingerprint density at radius 1 is 1.35 bits per heavy atom. The van der Waals surface area contributed by atoms with Crippen LogP contribution in [-0.4, -0.2) is 9.97 Å². The van der Waals surface area contributed by atoms with Crippen LogP contribution in [0.1, 0.15) is 30.0 Å². The number of hydrogen-bond donors (Lipinski definition) is 1. The molecule has 1 atom stereocenters. The van der Waals surface area contributed by atoms with E-state index in [2.05, 4.69) is 15.3 Å². The molecule has 0 spiro atoms. The highest BCUT2D eigenvalue weighted by molar-refractivity contribution is 6.29. The van der Waals surface area contributed by atoms with Crippen LogP contribution in [0.3, 0.4) is 0 Å². The van der Waals surface area contributed by atoms with E-state index in [0.717, 1.165) is 17.1 Å². The van der Waals surface area contributed by atoms with Crippen molar-refractivity contribution in [2.75, 3.05) is 5.32 Å². The molecule has 90 valence electrons. The average molecular weight is 252 g/mol. The fraction of sp³-hybridized carbons (Fsp3) is 0.333. The molecule has 17 heavy (non-hydrogen) atoms. The molecule has 0 fully saturated rings. The van der Waals surface area contributed by atoms with Crippen molar-refractivity contribution in [3.05, 3.63) is 40.7 Å². The monoisotopic (exact) mass is 251 g/mol. The van der Waals surface area contributed by atoms with Crippen LogP contribution in [-0.2, 0) is 0 Å². The second kappa shape index (κ2) is 4.75. The van der Waals surface area contributed by atoms with Crippen molar-refractivity contribution in [1.82, 2.24) is 9.97 Å². The number of halogens is 1. The van der Waals surface area contributed by atoms with Crippen molar-refractivity contribution >= 4 is 17.4 Å². The average Bonchev–Trinajstić information content (AvgIpc) is 2.58. The largest absolute Gasteiger partial charge is 0.466 e. The van der Waals surface area contributed by atoms with Gasteiger partial charge in [-0.25, -0.2) is 4.98 Å². The summed E-state index contributed by atoms with van der Waals surface area (Å²) in [7, 11) is 0. The topological polar surface area (TPSA) is 51.0 Å². The van der Waals surface area contributed by atoms with Gasteiger partial charge >= 0.3 is 0 Å². The number of anilines is 1. The Morgan fingerprint density at radius 3 is 2.71 bits per heavy atom. The summed E-state index contributed by atoms with van der Waals surface area (Å²) < 4.78 is 5.49. The third-order valence-electron chi connectivity index (χ3n) is 2.52. The van der Waals surface area contributed by atoms with Gasteiger partial charge in [0.2, 0.25) is 0 Å². The van der Waals surface area contributed by atoms with Gasteiger partial charge < -0.3 is 9.73 Å². The molecule has 4 nitrogen and oxygen atoms in total. The predicted molar refractivity (Wildman–Crippen MR) is 67.3 cm³/mol. The minimum atomic E-state index is 0.0974. The molecule has 0 amide bonds. The second-order valence-electron chi connectivity index (χ2n) is 3.96. The first-order chi connectivity index (χ1) is 8.06. The molecule has 0 aliphatic carbocycles. The molecule has 0 saturated carbocycles. The summed E-state index contributed by atoms with van der Waals surface area (Å²) in [5, 5.41) is 3.61. The second-order valence-corrected chi connectivity index (χ2v) is 4.35. The van der Waals surface area contributed by atoms with Crippen LogP contribution in [0, 0.1) is 13.8 Å². The van der Waals surface area contributed by atoms with Gasteiger partial charge in [-0.3, -0.25) is 4.98 Å². The molecule has 0 bridgehead atoms. The van der Waals surface area contributed by atoms with Crippen LogP contribution in [0.15, 0.2) is 22.9 Å². The molecule has 0 aromatic carbocycles. The van der Waals surface area contributed by atoms with E-state index >= 15 is 0 Å². The summed E-state index contributed by atoms with van der Waals surface area (Å²) in [6.45, 7) is 5.92. The van der Waals surface area contributed by atoms with E-state index in [1.807, 2.05) is 26.8 Å². The highest BCUT2D eigenvalue weighted by Crippen LogP contribution is 2.24. The molecule has 0 saturated heterocycles. The molecule has 1 N–H and O–H groups in total. The summed E-state index contributed by atoms with van der Waals surface area (Å²) in [5.74, 6) is 2.48. The van der Waals surface area contributed by atoms with Crippen LogP contribution >= 0.6 is 11.6 Å². The number of aryl methyl sites for hydroxylation is 2. The number of hydrogen-bond acceptors (Lipinski definition) is 4. The number of aromatic nitrogens is 2. The van der Waals surface area contributed by atoms with Gasteiger partial charge in [-0.15, -0.1) is 0 Å². The lowest BCUT2D eigenvalue weighted by atomic mass is 10.1. The maximum atomic E-state index is 5.78. The molecule has 2 aromatic rings. The molecule has 1 unspecified atom stereocenters. The van der Waals surface area contributed by atoms with E-state index in [9.17, 15) is 0 Å². The summed E-state index contributed by atoms with van der Waals surface area (Å²) in [5.41, 5.74) is 1.12. The minimum absolute atomic E-state index is 0.0974. The van der Waals surface area contributed by atoms with Gasteiger partial charge in [-0.05, 0) is 26.8 Å². The van der Waals surface area contributed by atoms with Crippen molar-refractivity contribution in [1.29, 1.82) is 0 Å². The van der Waals surface area contributed by atoms with Gasteiger partial charge in [0.25, 0.3) is 0 Å². The van der Waals surface area contributed by atoms with Gasteiger partial charge in [-0.1, -0.05) is 11.6 Å². The van der Waals surface area contributed by atoms with Gasteiger partial charge in [0.05, 0.1) is 18.4 Å². The highest BCUT2D eigenvalue weighted by Gasteiger charge is 2.13. The first kappa shape index (κ1) is 11.9. The number of nitrogens with one attached hydrogen (secondary N) is 1. The summed E-state index contributed by atoms with van der Waals surface area (Å²) >= 11 is 5.78. The van der Waals surface area contributed by atoms with E-state index in [1.54, 1.807) is 6.20 Å². The van der Waals surface area contributed by atoms with Crippen LogP contribution in [0.4, 0.5) is 5.82 Å². The van der Waals surface area contributed by atoms with Crippen molar-refractivity contribution in [3.63, 3.8) is 0 Å². The van der Waals surface area contributed by atoms with Crippen LogP contribution in [0.2, 0.25) is 5.15 Å². The zero-order chi connectivity index (χ0) is 12.4. The lowest BCUT2D eigenvalue weighted by Crippen LogP contribution is -2.08. The summed E-state index contributed by atoms with van der Waals surface area (Å²) in [6, 6.07) is 2.12. The number of furan rings is 1. The molecular weight excluding hydrogens is 238 g/mol. The normalized spacial score (nSPS) is 12.5. The van der Waals surface area contributed by atoms with Crippen molar-refractivity contribution in [2.24, 2.45) is 0 Å². The van der Waals surface area contributed by atoms with Gasteiger partial charge in [0.1, 0.15) is 22.5 Å². The van der Waals surface area contributed by atoms with Gasteiger partial charge in [0.15, 0.2) is 0 Å². The SMILES string of the molecule is Cc1cc(C(C)Nc2cncc(Cl)n2)c(C)o1. The van der Waals surface area contributed by atoms with Crippen molar-refractivity contribution in [2.45, 2.75) is 26.8 Å². The lowest BCUT2D eigenvalue weighted by Gasteiger charge is -2.13. The zero-order valence-corrected chi connectivity index (χ0v) is 10.7. The molecule has 2 heterocycles. The van der Waals surface area contributed by atoms with Crippen LogP contribution in [0.5, 0.6) is 0 Å². The zero-order valence-electron chi connectivity index (χ0n) is 9.99. The molecular formula is C12H14ClN3O. The quantitative estimate of drug-likeness (QED) is 0.907. The van der Waals surface area contributed by atoms with Crippen molar-refractivity contribution < 1.29 is 4.42 Å². The molecule has 0 radical (unpaired) electrons. The number of rotatable bonds is 3. The Kier molecular flexibility index (Phi) is 3.33. The Morgan fingerprint density at radius 2 is 2.12 bits per heavy atom. The van der Waals surface area contributed by atoms with E-state index < -0.39 is 0 Å². The standard InChI is InChI=1S/C12H14ClN3O/c1-7-4-10(9(3)17-7)8(2)15-12-6-14-5-11(13)16-12/h4-6,8H,1-3H3,(H,15,16). The fourth-order valence-corrected chi connectivity index (χ4v) is 1.94. The Balaban J connectivity index is 2.16.